The lowest BCUT2D eigenvalue weighted by Gasteiger charge is -2.30. The molecule has 0 saturated carbocycles. The van der Waals surface area contributed by atoms with Crippen molar-refractivity contribution in [2.75, 3.05) is 31.5 Å². The van der Waals surface area contributed by atoms with Gasteiger partial charge in [-0.2, -0.15) is 4.98 Å². The third-order valence-electron chi connectivity index (χ3n) is 6.34. The zero-order valence-electron chi connectivity index (χ0n) is 18.4. The maximum absolute atomic E-state index is 13.0. The molecule has 2 aromatic heterocycles. The largest absolute Gasteiger partial charge is 0.339 e. The standard InChI is InChI=1S/C24H27N5O3S/c30-23(25-19-7-2-1-6-18(19)24(31)29-11-3-4-12-29)17-9-13-28(14-10-17)16-21-26-22(27-32-21)20-8-5-15-33-20/h1-2,5-8,15,17H,3-4,9-14,16H2,(H,25,30). The van der Waals surface area contributed by atoms with Gasteiger partial charge in [0.05, 0.1) is 22.7 Å². The van der Waals surface area contributed by atoms with Gasteiger partial charge in [-0.3, -0.25) is 14.5 Å². The lowest BCUT2D eigenvalue weighted by atomic mass is 9.95. The second-order valence-electron chi connectivity index (χ2n) is 8.57. The number of para-hydroxylation sites is 1. The molecule has 2 saturated heterocycles. The zero-order chi connectivity index (χ0) is 22.6. The number of piperidine rings is 1. The van der Waals surface area contributed by atoms with Crippen LogP contribution in [0.1, 0.15) is 41.9 Å². The lowest BCUT2D eigenvalue weighted by molar-refractivity contribution is -0.121. The molecule has 2 amide bonds. The molecule has 8 nitrogen and oxygen atoms in total. The van der Waals surface area contributed by atoms with E-state index in [1.165, 1.54) is 0 Å². The minimum atomic E-state index is -0.0828. The molecule has 1 aromatic carbocycles. The number of anilines is 1. The zero-order valence-corrected chi connectivity index (χ0v) is 19.2. The van der Waals surface area contributed by atoms with Gasteiger partial charge in [0.25, 0.3) is 5.91 Å². The predicted octanol–water partition coefficient (Wildman–Crippen LogP) is 3.88. The number of aromatic nitrogens is 2. The highest BCUT2D eigenvalue weighted by Gasteiger charge is 2.28. The van der Waals surface area contributed by atoms with Crippen LogP contribution in [-0.2, 0) is 11.3 Å². The van der Waals surface area contributed by atoms with Crippen LogP contribution in [0.15, 0.2) is 46.3 Å². The molecular weight excluding hydrogens is 438 g/mol. The summed E-state index contributed by atoms with van der Waals surface area (Å²) in [5, 5.41) is 9.08. The van der Waals surface area contributed by atoms with E-state index in [2.05, 4.69) is 20.4 Å². The van der Waals surface area contributed by atoms with Crippen molar-refractivity contribution in [2.45, 2.75) is 32.2 Å². The van der Waals surface area contributed by atoms with Crippen molar-refractivity contribution in [1.82, 2.24) is 19.9 Å². The summed E-state index contributed by atoms with van der Waals surface area (Å²) in [5.74, 6) is 1.11. The van der Waals surface area contributed by atoms with Crippen molar-refractivity contribution >= 4 is 28.8 Å². The monoisotopic (exact) mass is 465 g/mol. The summed E-state index contributed by atoms with van der Waals surface area (Å²) in [6, 6.07) is 11.3. The number of nitrogens with zero attached hydrogens (tertiary/aromatic N) is 4. The van der Waals surface area contributed by atoms with Crippen molar-refractivity contribution in [2.24, 2.45) is 5.92 Å². The normalized spacial score (nSPS) is 17.4. The van der Waals surface area contributed by atoms with Crippen molar-refractivity contribution in [1.29, 1.82) is 0 Å². The van der Waals surface area contributed by atoms with E-state index in [-0.39, 0.29) is 17.7 Å². The van der Waals surface area contributed by atoms with Crippen LogP contribution in [0.4, 0.5) is 5.69 Å². The molecule has 3 aromatic rings. The third kappa shape index (κ3) is 4.99. The van der Waals surface area contributed by atoms with E-state index in [4.69, 9.17) is 4.52 Å². The molecule has 2 fully saturated rings. The van der Waals surface area contributed by atoms with Gasteiger partial charge < -0.3 is 14.7 Å². The average Bonchev–Trinajstić information content (AvgIpc) is 3.62. The minimum absolute atomic E-state index is 0.000283. The quantitative estimate of drug-likeness (QED) is 0.594. The molecule has 0 unspecified atom stereocenters. The van der Waals surface area contributed by atoms with Crippen LogP contribution in [0.5, 0.6) is 0 Å². The highest BCUT2D eigenvalue weighted by atomic mass is 32.1. The Bertz CT molecular complexity index is 1100. The van der Waals surface area contributed by atoms with Gasteiger partial charge in [-0.15, -0.1) is 11.3 Å². The molecule has 0 spiro atoms. The fourth-order valence-corrected chi connectivity index (χ4v) is 5.12. The number of thiophene rings is 1. The molecule has 1 N–H and O–H groups in total. The Morgan fingerprint density at radius 1 is 1.06 bits per heavy atom. The number of hydrogen-bond acceptors (Lipinski definition) is 7. The highest BCUT2D eigenvalue weighted by molar-refractivity contribution is 7.13. The van der Waals surface area contributed by atoms with E-state index in [0.717, 1.165) is 56.7 Å². The van der Waals surface area contributed by atoms with E-state index < -0.39 is 0 Å². The fraction of sp³-hybridized carbons (Fsp3) is 0.417. The molecule has 0 atom stereocenters. The first-order valence-electron chi connectivity index (χ1n) is 11.5. The number of hydrogen-bond donors (Lipinski definition) is 1. The molecule has 9 heteroatoms. The SMILES string of the molecule is O=C(Nc1ccccc1C(=O)N1CCCC1)C1CCN(Cc2nc(-c3cccs3)no2)CC1. The Morgan fingerprint density at radius 3 is 2.61 bits per heavy atom. The predicted molar refractivity (Wildman–Crippen MR) is 126 cm³/mol. The molecule has 0 radical (unpaired) electrons. The average molecular weight is 466 g/mol. The Labute approximate surface area is 196 Å². The van der Waals surface area contributed by atoms with Gasteiger partial charge in [-0.1, -0.05) is 23.4 Å². The molecule has 172 valence electrons. The number of likely N-dealkylation sites (tertiary alicyclic amines) is 2. The van der Waals surface area contributed by atoms with Gasteiger partial charge in [0.15, 0.2) is 0 Å². The minimum Gasteiger partial charge on any atom is -0.339 e. The summed E-state index contributed by atoms with van der Waals surface area (Å²) in [6.07, 6.45) is 3.58. The van der Waals surface area contributed by atoms with Crippen LogP contribution in [0.3, 0.4) is 0 Å². The maximum Gasteiger partial charge on any atom is 0.255 e. The number of benzene rings is 1. The lowest BCUT2D eigenvalue weighted by Crippen LogP contribution is -2.38. The van der Waals surface area contributed by atoms with Crippen LogP contribution in [0.25, 0.3) is 10.7 Å². The van der Waals surface area contributed by atoms with Crippen LogP contribution in [0, 0.1) is 5.92 Å². The van der Waals surface area contributed by atoms with Crippen LogP contribution in [-0.4, -0.2) is 57.9 Å². The number of nitrogens with one attached hydrogen (secondary N) is 1. The fourth-order valence-electron chi connectivity index (χ4n) is 4.47. The Kier molecular flexibility index (Phi) is 6.50. The molecule has 4 heterocycles. The second-order valence-corrected chi connectivity index (χ2v) is 9.52. The summed E-state index contributed by atoms with van der Waals surface area (Å²) in [4.78, 5) is 35.4. The van der Waals surface area contributed by atoms with Crippen LogP contribution in [0.2, 0.25) is 0 Å². The first kappa shape index (κ1) is 21.8. The van der Waals surface area contributed by atoms with E-state index in [0.29, 0.717) is 29.5 Å². The van der Waals surface area contributed by atoms with Crippen LogP contribution < -0.4 is 5.32 Å². The Morgan fingerprint density at radius 2 is 1.85 bits per heavy atom. The summed E-state index contributed by atoms with van der Waals surface area (Å²) in [6.45, 7) is 3.72. The van der Waals surface area contributed by atoms with Gasteiger partial charge in [-0.05, 0) is 62.4 Å². The highest BCUT2D eigenvalue weighted by Crippen LogP contribution is 2.25. The Hall–Kier alpha value is -3.04. The summed E-state index contributed by atoms with van der Waals surface area (Å²) in [5.41, 5.74) is 1.18. The van der Waals surface area contributed by atoms with Gasteiger partial charge in [0.2, 0.25) is 17.6 Å². The molecule has 33 heavy (non-hydrogen) atoms. The second kappa shape index (κ2) is 9.84. The molecule has 5 rings (SSSR count). The first-order valence-corrected chi connectivity index (χ1v) is 12.3. The van der Waals surface area contributed by atoms with Gasteiger partial charge in [-0.25, -0.2) is 0 Å². The molecule has 0 aliphatic carbocycles. The maximum atomic E-state index is 13.0. The number of rotatable bonds is 6. The van der Waals surface area contributed by atoms with E-state index in [9.17, 15) is 9.59 Å². The summed E-state index contributed by atoms with van der Waals surface area (Å²) in [7, 11) is 0. The molecule has 2 aliphatic heterocycles. The number of carbonyl (C=O) groups excluding carboxylic acids is 2. The first-order chi connectivity index (χ1) is 16.2. The summed E-state index contributed by atoms with van der Waals surface area (Å²) >= 11 is 1.58. The van der Waals surface area contributed by atoms with Crippen LogP contribution >= 0.6 is 11.3 Å². The van der Waals surface area contributed by atoms with E-state index in [1.54, 1.807) is 17.4 Å². The molecular formula is C24H27N5O3S. The number of carbonyl (C=O) groups is 2. The molecule has 0 bridgehead atoms. The van der Waals surface area contributed by atoms with Gasteiger partial charge in [0.1, 0.15) is 0 Å². The van der Waals surface area contributed by atoms with Crippen molar-refractivity contribution < 1.29 is 14.1 Å². The van der Waals surface area contributed by atoms with Gasteiger partial charge in [0, 0.05) is 19.0 Å². The van der Waals surface area contributed by atoms with Gasteiger partial charge >= 0.3 is 0 Å². The Balaban J connectivity index is 1.15. The third-order valence-corrected chi connectivity index (χ3v) is 7.20. The topological polar surface area (TPSA) is 91.6 Å². The van der Waals surface area contributed by atoms with E-state index in [1.807, 2.05) is 40.6 Å². The summed E-state index contributed by atoms with van der Waals surface area (Å²) < 4.78 is 5.41. The van der Waals surface area contributed by atoms with E-state index >= 15 is 0 Å². The smallest absolute Gasteiger partial charge is 0.255 e. The van der Waals surface area contributed by atoms with Crippen molar-refractivity contribution in [3.8, 4) is 10.7 Å². The molecule has 2 aliphatic rings. The van der Waals surface area contributed by atoms with Crippen molar-refractivity contribution in [3.63, 3.8) is 0 Å². The number of amides is 2. The van der Waals surface area contributed by atoms with Crippen molar-refractivity contribution in [3.05, 3.63) is 53.2 Å².